The van der Waals surface area contributed by atoms with Crippen LogP contribution in [-0.2, 0) is 6.54 Å². The Morgan fingerprint density at radius 1 is 1.10 bits per heavy atom. The molecule has 0 radical (unpaired) electrons. The molecular weight excluding hydrogens is 390 g/mol. The van der Waals surface area contributed by atoms with Crippen LogP contribution >= 0.6 is 11.6 Å². The molecule has 2 N–H and O–H groups in total. The standard InChI is InChI=1S/C21H22ClN5O2/c22-16-4-3-5-17(13-16)25-21(29)23-8-11-27-14-24-18-12-15(6-7-19(18)27)20(28)26-9-1-2-10-26/h3-7,12-14H,1-2,8-11H2,(H2,23,25,29). The number of halogens is 1. The van der Waals surface area contributed by atoms with Crippen molar-refractivity contribution in [3.05, 3.63) is 59.4 Å². The Kier molecular flexibility index (Phi) is 5.67. The van der Waals surface area contributed by atoms with Gasteiger partial charge in [0.1, 0.15) is 0 Å². The van der Waals surface area contributed by atoms with Gasteiger partial charge in [0.2, 0.25) is 0 Å². The Balaban J connectivity index is 1.35. The number of benzene rings is 2. The Morgan fingerprint density at radius 3 is 2.72 bits per heavy atom. The average molecular weight is 412 g/mol. The van der Waals surface area contributed by atoms with Crippen LogP contribution in [0.3, 0.4) is 0 Å². The molecule has 4 rings (SSSR count). The van der Waals surface area contributed by atoms with Crippen molar-refractivity contribution in [1.29, 1.82) is 0 Å². The number of amides is 3. The maximum absolute atomic E-state index is 12.5. The van der Waals surface area contributed by atoms with E-state index in [2.05, 4.69) is 15.6 Å². The van der Waals surface area contributed by atoms with E-state index in [1.807, 2.05) is 27.7 Å². The van der Waals surface area contributed by atoms with E-state index in [0.717, 1.165) is 37.0 Å². The minimum Gasteiger partial charge on any atom is -0.339 e. The Labute approximate surface area is 173 Å². The summed E-state index contributed by atoms with van der Waals surface area (Å²) in [5, 5.41) is 6.13. The zero-order valence-corrected chi connectivity index (χ0v) is 16.7. The largest absolute Gasteiger partial charge is 0.339 e. The fourth-order valence-electron chi connectivity index (χ4n) is 3.51. The van der Waals surface area contributed by atoms with Crippen molar-refractivity contribution >= 4 is 40.3 Å². The Morgan fingerprint density at radius 2 is 1.93 bits per heavy atom. The van der Waals surface area contributed by atoms with Gasteiger partial charge in [-0.2, -0.15) is 0 Å². The molecule has 1 fully saturated rings. The van der Waals surface area contributed by atoms with Crippen molar-refractivity contribution in [3.8, 4) is 0 Å². The van der Waals surface area contributed by atoms with Gasteiger partial charge >= 0.3 is 6.03 Å². The highest BCUT2D eigenvalue weighted by atomic mass is 35.5. The number of aromatic nitrogens is 2. The van der Waals surface area contributed by atoms with Gasteiger partial charge in [-0.05, 0) is 49.2 Å². The number of nitrogens with zero attached hydrogens (tertiary/aromatic N) is 3. The van der Waals surface area contributed by atoms with Gasteiger partial charge in [-0.3, -0.25) is 4.79 Å². The fourth-order valence-corrected chi connectivity index (χ4v) is 3.70. The summed E-state index contributed by atoms with van der Waals surface area (Å²) in [4.78, 5) is 30.9. The summed E-state index contributed by atoms with van der Waals surface area (Å²) < 4.78 is 1.96. The zero-order chi connectivity index (χ0) is 20.2. The van der Waals surface area contributed by atoms with Gasteiger partial charge in [0.25, 0.3) is 5.91 Å². The predicted octanol–water partition coefficient (Wildman–Crippen LogP) is 3.75. The van der Waals surface area contributed by atoms with Crippen molar-refractivity contribution < 1.29 is 9.59 Å². The summed E-state index contributed by atoms with van der Waals surface area (Å²) >= 11 is 5.92. The van der Waals surface area contributed by atoms with E-state index in [4.69, 9.17) is 11.6 Å². The molecule has 150 valence electrons. The highest BCUT2D eigenvalue weighted by Crippen LogP contribution is 2.18. The number of hydrogen-bond donors (Lipinski definition) is 2. The van der Waals surface area contributed by atoms with E-state index in [0.29, 0.717) is 29.4 Å². The normalized spacial score (nSPS) is 13.6. The zero-order valence-electron chi connectivity index (χ0n) is 15.9. The second-order valence-corrected chi connectivity index (χ2v) is 7.47. The third-order valence-electron chi connectivity index (χ3n) is 4.98. The lowest BCUT2D eigenvalue weighted by atomic mass is 10.1. The number of anilines is 1. The number of hydrogen-bond acceptors (Lipinski definition) is 3. The van der Waals surface area contributed by atoms with Crippen molar-refractivity contribution in [2.75, 3.05) is 25.0 Å². The minimum absolute atomic E-state index is 0.0679. The third-order valence-corrected chi connectivity index (χ3v) is 5.22. The molecule has 2 heterocycles. The van der Waals surface area contributed by atoms with Crippen LogP contribution in [0.4, 0.5) is 10.5 Å². The van der Waals surface area contributed by atoms with Crippen molar-refractivity contribution in [3.63, 3.8) is 0 Å². The maximum Gasteiger partial charge on any atom is 0.319 e. The van der Waals surface area contributed by atoms with Gasteiger partial charge in [0, 0.05) is 42.5 Å². The topological polar surface area (TPSA) is 79.3 Å². The number of imidazole rings is 1. The number of rotatable bonds is 5. The number of likely N-dealkylation sites (tertiary alicyclic amines) is 1. The second kappa shape index (κ2) is 8.53. The summed E-state index contributed by atoms with van der Waals surface area (Å²) in [7, 11) is 0. The maximum atomic E-state index is 12.5. The molecule has 1 aliphatic rings. The fraction of sp³-hybridized carbons (Fsp3) is 0.286. The Bertz CT molecular complexity index is 1040. The summed E-state index contributed by atoms with van der Waals surface area (Å²) in [6.07, 6.45) is 3.87. The van der Waals surface area contributed by atoms with Crippen LogP contribution in [0.5, 0.6) is 0 Å². The van der Waals surface area contributed by atoms with E-state index in [1.165, 1.54) is 0 Å². The number of carbonyl (C=O) groups excluding carboxylic acids is 2. The number of urea groups is 1. The van der Waals surface area contributed by atoms with Gasteiger partial charge in [0.05, 0.1) is 17.4 Å². The van der Waals surface area contributed by atoms with Crippen LogP contribution in [-0.4, -0.2) is 46.0 Å². The van der Waals surface area contributed by atoms with Crippen LogP contribution in [0.15, 0.2) is 48.8 Å². The lowest BCUT2D eigenvalue weighted by molar-refractivity contribution is 0.0793. The van der Waals surface area contributed by atoms with Crippen molar-refractivity contribution in [2.24, 2.45) is 0 Å². The molecule has 0 bridgehead atoms. The van der Waals surface area contributed by atoms with Crippen molar-refractivity contribution in [1.82, 2.24) is 19.8 Å². The first-order valence-corrected chi connectivity index (χ1v) is 10.0. The van der Waals surface area contributed by atoms with Gasteiger partial charge in [-0.25, -0.2) is 9.78 Å². The molecule has 1 aliphatic heterocycles. The monoisotopic (exact) mass is 411 g/mol. The molecule has 1 aromatic heterocycles. The summed E-state index contributed by atoms with van der Waals surface area (Å²) in [5.41, 5.74) is 3.01. The molecule has 3 aromatic rings. The summed E-state index contributed by atoms with van der Waals surface area (Å²) in [5.74, 6) is 0.0679. The highest BCUT2D eigenvalue weighted by molar-refractivity contribution is 6.30. The smallest absolute Gasteiger partial charge is 0.319 e. The Hall–Kier alpha value is -3.06. The first-order chi connectivity index (χ1) is 14.1. The summed E-state index contributed by atoms with van der Waals surface area (Å²) in [6.45, 7) is 2.66. The number of fused-ring (bicyclic) bond motifs is 1. The molecule has 29 heavy (non-hydrogen) atoms. The van der Waals surface area contributed by atoms with Gasteiger partial charge < -0.3 is 20.1 Å². The lowest BCUT2D eigenvalue weighted by Crippen LogP contribution is -2.31. The molecule has 8 heteroatoms. The van der Waals surface area contributed by atoms with Crippen LogP contribution < -0.4 is 10.6 Å². The lowest BCUT2D eigenvalue weighted by Gasteiger charge is -2.15. The van der Waals surface area contributed by atoms with Crippen LogP contribution in [0.1, 0.15) is 23.2 Å². The highest BCUT2D eigenvalue weighted by Gasteiger charge is 2.20. The second-order valence-electron chi connectivity index (χ2n) is 7.03. The number of carbonyl (C=O) groups is 2. The first kappa shape index (κ1) is 19.3. The molecule has 0 saturated carbocycles. The minimum atomic E-state index is -0.296. The van der Waals surface area contributed by atoms with E-state index in [1.54, 1.807) is 30.6 Å². The molecule has 3 amide bonds. The van der Waals surface area contributed by atoms with Crippen LogP contribution in [0, 0.1) is 0 Å². The molecule has 1 saturated heterocycles. The van der Waals surface area contributed by atoms with Crippen LogP contribution in [0.25, 0.3) is 11.0 Å². The van der Waals surface area contributed by atoms with Gasteiger partial charge in [0.15, 0.2) is 0 Å². The van der Waals surface area contributed by atoms with E-state index in [9.17, 15) is 9.59 Å². The molecule has 0 unspecified atom stereocenters. The first-order valence-electron chi connectivity index (χ1n) is 9.65. The van der Waals surface area contributed by atoms with Gasteiger partial charge in [-0.15, -0.1) is 0 Å². The van der Waals surface area contributed by atoms with E-state index in [-0.39, 0.29) is 11.9 Å². The molecule has 2 aromatic carbocycles. The SMILES string of the molecule is O=C(NCCn1cnc2cc(C(=O)N3CCCC3)ccc21)Nc1cccc(Cl)c1. The van der Waals surface area contributed by atoms with Crippen molar-refractivity contribution in [2.45, 2.75) is 19.4 Å². The molecule has 0 spiro atoms. The molecule has 7 nitrogen and oxygen atoms in total. The van der Waals surface area contributed by atoms with E-state index < -0.39 is 0 Å². The summed E-state index contributed by atoms with van der Waals surface area (Å²) in [6, 6.07) is 12.3. The number of nitrogens with one attached hydrogen (secondary N) is 2. The quantitative estimate of drug-likeness (QED) is 0.671. The molecule has 0 aliphatic carbocycles. The molecular formula is C21H22ClN5O2. The average Bonchev–Trinajstić information content (AvgIpc) is 3.37. The predicted molar refractivity (Wildman–Crippen MR) is 113 cm³/mol. The van der Waals surface area contributed by atoms with Gasteiger partial charge in [-0.1, -0.05) is 17.7 Å². The van der Waals surface area contributed by atoms with Crippen LogP contribution in [0.2, 0.25) is 5.02 Å². The third kappa shape index (κ3) is 4.51. The molecule has 0 atom stereocenters. The van der Waals surface area contributed by atoms with E-state index >= 15 is 0 Å².